The van der Waals surface area contributed by atoms with Crippen LogP contribution in [0.5, 0.6) is 0 Å². The van der Waals surface area contributed by atoms with E-state index in [0.717, 1.165) is 11.1 Å². The Labute approximate surface area is 142 Å². The number of hydrogen-bond donors (Lipinski definition) is 0. The predicted molar refractivity (Wildman–Crippen MR) is 93.7 cm³/mol. The fraction of sp³-hybridized carbons (Fsp3) is 0.278. The molecule has 0 heterocycles. The minimum Gasteiger partial charge on any atom is -0.465 e. The van der Waals surface area contributed by atoms with Gasteiger partial charge in [0.2, 0.25) is 0 Å². The summed E-state index contributed by atoms with van der Waals surface area (Å²) in [5, 5.41) is 0.529. The zero-order valence-electron chi connectivity index (χ0n) is 14.0. The summed E-state index contributed by atoms with van der Waals surface area (Å²) < 4.78 is 28.1. The Balaban J connectivity index is 2.25. The van der Waals surface area contributed by atoms with Crippen LogP contribution < -0.4 is 5.30 Å². The molecular weight excluding hydrogens is 327 g/mol. The second kappa shape index (κ2) is 8.25. The Bertz CT molecular complexity index is 712. The van der Waals surface area contributed by atoms with Gasteiger partial charge in [-0.3, -0.25) is 4.57 Å². The van der Waals surface area contributed by atoms with Gasteiger partial charge in [-0.2, -0.15) is 0 Å². The lowest BCUT2D eigenvalue weighted by molar-refractivity contribution is 0.0600. The molecule has 0 aliphatic carbocycles. The van der Waals surface area contributed by atoms with Gasteiger partial charge in [0.25, 0.3) is 0 Å². The van der Waals surface area contributed by atoms with Crippen molar-refractivity contribution >= 4 is 18.9 Å². The van der Waals surface area contributed by atoms with Gasteiger partial charge in [0.1, 0.15) is 0 Å². The summed E-state index contributed by atoms with van der Waals surface area (Å²) in [6, 6.07) is 14.3. The van der Waals surface area contributed by atoms with Gasteiger partial charge in [-0.05, 0) is 49.2 Å². The van der Waals surface area contributed by atoms with Gasteiger partial charge in [0.15, 0.2) is 0 Å². The van der Waals surface area contributed by atoms with E-state index in [1.807, 2.05) is 24.3 Å². The molecule has 0 aliphatic heterocycles. The first-order valence-corrected chi connectivity index (χ1v) is 9.26. The van der Waals surface area contributed by atoms with E-state index in [9.17, 15) is 9.36 Å². The van der Waals surface area contributed by atoms with Gasteiger partial charge in [0.05, 0.1) is 31.2 Å². The highest BCUT2D eigenvalue weighted by Crippen LogP contribution is 2.46. The maximum absolute atomic E-state index is 12.7. The molecule has 0 saturated heterocycles. The van der Waals surface area contributed by atoms with Crippen LogP contribution in [0.3, 0.4) is 0 Å². The van der Waals surface area contributed by atoms with Crippen molar-refractivity contribution in [2.24, 2.45) is 0 Å². The van der Waals surface area contributed by atoms with Crippen LogP contribution in [-0.2, 0) is 18.3 Å². The van der Waals surface area contributed by atoms with E-state index in [1.54, 1.807) is 38.1 Å². The van der Waals surface area contributed by atoms with E-state index in [2.05, 4.69) is 4.74 Å². The van der Waals surface area contributed by atoms with Crippen LogP contribution in [0, 0.1) is 0 Å². The molecule has 0 fully saturated rings. The normalized spacial score (nSPS) is 11.3. The molecule has 0 aliphatic rings. The lowest BCUT2D eigenvalue weighted by atomic mass is 10.0. The number of carbonyl (C=O) groups is 1. The summed E-state index contributed by atoms with van der Waals surface area (Å²) in [4.78, 5) is 11.5. The summed E-state index contributed by atoms with van der Waals surface area (Å²) in [5.74, 6) is -0.369. The number of esters is 1. The van der Waals surface area contributed by atoms with Crippen LogP contribution in [0.15, 0.2) is 48.5 Å². The molecule has 0 spiro atoms. The molecule has 0 unspecified atom stereocenters. The van der Waals surface area contributed by atoms with Crippen molar-refractivity contribution in [3.05, 3.63) is 54.1 Å². The summed E-state index contributed by atoms with van der Waals surface area (Å²) in [6.07, 6.45) is 0. The number of methoxy groups -OCH3 is 1. The van der Waals surface area contributed by atoms with Gasteiger partial charge in [-0.15, -0.1) is 0 Å². The van der Waals surface area contributed by atoms with Crippen LogP contribution in [0.4, 0.5) is 0 Å². The molecule has 0 aromatic heterocycles. The standard InChI is InChI=1S/C18H21O5P/c1-4-22-24(20,23-5-2)17-12-10-15(11-13-17)14-6-8-16(9-7-14)18(19)21-3/h6-13H,4-5H2,1-3H3. The van der Waals surface area contributed by atoms with Crippen LogP contribution in [0.1, 0.15) is 24.2 Å². The quantitative estimate of drug-likeness (QED) is 0.558. The van der Waals surface area contributed by atoms with Gasteiger partial charge < -0.3 is 13.8 Å². The van der Waals surface area contributed by atoms with E-state index in [4.69, 9.17) is 9.05 Å². The first kappa shape index (κ1) is 18.4. The largest absolute Gasteiger partial charge is 0.465 e. The predicted octanol–water partition coefficient (Wildman–Crippen LogP) is 4.03. The fourth-order valence-electron chi connectivity index (χ4n) is 2.28. The van der Waals surface area contributed by atoms with E-state index >= 15 is 0 Å². The molecule has 2 rings (SSSR count). The van der Waals surface area contributed by atoms with E-state index in [0.29, 0.717) is 24.1 Å². The highest BCUT2D eigenvalue weighted by Gasteiger charge is 2.26. The minimum absolute atomic E-state index is 0.314. The average molecular weight is 348 g/mol. The number of ether oxygens (including phenoxy) is 1. The maximum Gasteiger partial charge on any atom is 0.361 e. The van der Waals surface area contributed by atoms with Crippen molar-refractivity contribution in [1.82, 2.24) is 0 Å². The summed E-state index contributed by atoms with van der Waals surface area (Å²) in [7, 11) is -1.92. The molecule has 2 aromatic rings. The first-order chi connectivity index (χ1) is 11.5. The number of hydrogen-bond acceptors (Lipinski definition) is 5. The van der Waals surface area contributed by atoms with Crippen molar-refractivity contribution in [3.63, 3.8) is 0 Å². The zero-order chi connectivity index (χ0) is 17.6. The molecule has 0 radical (unpaired) electrons. The van der Waals surface area contributed by atoms with Crippen LogP contribution in [-0.4, -0.2) is 26.3 Å². The van der Waals surface area contributed by atoms with Crippen molar-refractivity contribution < 1.29 is 23.1 Å². The van der Waals surface area contributed by atoms with E-state index in [1.165, 1.54) is 7.11 Å². The molecule has 24 heavy (non-hydrogen) atoms. The second-order valence-corrected chi connectivity index (χ2v) is 6.98. The first-order valence-electron chi connectivity index (χ1n) is 7.72. The van der Waals surface area contributed by atoms with Gasteiger partial charge in [0, 0.05) is 0 Å². The fourth-order valence-corrected chi connectivity index (χ4v) is 3.85. The Morgan fingerprint density at radius 1 is 0.875 bits per heavy atom. The maximum atomic E-state index is 12.7. The second-order valence-electron chi connectivity index (χ2n) is 4.95. The molecule has 0 bridgehead atoms. The van der Waals surface area contributed by atoms with Gasteiger partial charge in [-0.25, -0.2) is 4.79 Å². The summed E-state index contributed by atoms with van der Waals surface area (Å²) in [5.41, 5.74) is 2.38. The summed E-state index contributed by atoms with van der Waals surface area (Å²) in [6.45, 7) is 4.19. The molecular formula is C18H21O5P. The Hall–Kier alpha value is -1.94. The molecule has 0 atom stereocenters. The van der Waals surface area contributed by atoms with Crippen LogP contribution in [0.25, 0.3) is 11.1 Å². The molecule has 0 N–H and O–H groups in total. The third kappa shape index (κ3) is 4.12. The Morgan fingerprint density at radius 3 is 1.75 bits per heavy atom. The highest BCUT2D eigenvalue weighted by molar-refractivity contribution is 7.62. The molecule has 2 aromatic carbocycles. The average Bonchev–Trinajstić information content (AvgIpc) is 2.62. The van der Waals surface area contributed by atoms with E-state index in [-0.39, 0.29) is 5.97 Å². The SMILES string of the molecule is CCOP(=O)(OCC)c1ccc(-c2ccc(C(=O)OC)cc2)cc1. The van der Waals surface area contributed by atoms with Crippen molar-refractivity contribution in [2.45, 2.75) is 13.8 Å². The van der Waals surface area contributed by atoms with E-state index < -0.39 is 7.60 Å². The Kier molecular flexibility index (Phi) is 6.32. The van der Waals surface area contributed by atoms with Gasteiger partial charge >= 0.3 is 13.6 Å². The highest BCUT2D eigenvalue weighted by atomic mass is 31.2. The molecule has 0 saturated carbocycles. The third-order valence-corrected chi connectivity index (χ3v) is 5.55. The van der Waals surface area contributed by atoms with Crippen molar-refractivity contribution in [3.8, 4) is 11.1 Å². The number of rotatable bonds is 7. The van der Waals surface area contributed by atoms with Gasteiger partial charge in [-0.1, -0.05) is 24.3 Å². The lowest BCUT2D eigenvalue weighted by Gasteiger charge is -2.17. The monoisotopic (exact) mass is 348 g/mol. The molecule has 128 valence electrons. The minimum atomic E-state index is -3.27. The zero-order valence-corrected chi connectivity index (χ0v) is 14.9. The summed E-state index contributed by atoms with van der Waals surface area (Å²) >= 11 is 0. The van der Waals surface area contributed by atoms with Crippen molar-refractivity contribution in [2.75, 3.05) is 20.3 Å². The van der Waals surface area contributed by atoms with Crippen molar-refractivity contribution in [1.29, 1.82) is 0 Å². The molecule has 0 amide bonds. The molecule has 5 nitrogen and oxygen atoms in total. The Morgan fingerprint density at radius 2 is 1.33 bits per heavy atom. The third-order valence-electron chi connectivity index (χ3n) is 3.42. The number of carbonyl (C=O) groups excluding carboxylic acids is 1. The van der Waals surface area contributed by atoms with Crippen LogP contribution >= 0.6 is 7.60 Å². The topological polar surface area (TPSA) is 61.8 Å². The smallest absolute Gasteiger partial charge is 0.361 e. The van der Waals surface area contributed by atoms with Crippen LogP contribution in [0.2, 0.25) is 0 Å². The lowest BCUT2D eigenvalue weighted by Crippen LogP contribution is -2.10. The molecule has 6 heteroatoms. The number of benzene rings is 2.